The van der Waals surface area contributed by atoms with Gasteiger partial charge in [0.1, 0.15) is 12.1 Å². The minimum Gasteiger partial charge on any atom is -0.448 e. The van der Waals surface area contributed by atoms with Gasteiger partial charge in [0.15, 0.2) is 5.60 Å². The average Bonchev–Trinajstić information content (AvgIpc) is 3.73. The molecule has 6 rings (SSSR count). The number of likely N-dealkylation sites (tertiary alicyclic amines) is 1. The summed E-state index contributed by atoms with van der Waals surface area (Å²) < 4.78 is 6.76. The summed E-state index contributed by atoms with van der Waals surface area (Å²) in [6.07, 6.45) is 4.29. The summed E-state index contributed by atoms with van der Waals surface area (Å²) in [4.78, 5) is 61.5. The van der Waals surface area contributed by atoms with Gasteiger partial charge >= 0.3 is 5.97 Å². The van der Waals surface area contributed by atoms with Crippen LogP contribution in [0.5, 0.6) is 0 Å². The standard InChI is InChI=1S/C34H39BrN4O5/c1-32(2)33(3)15-16-34(32,44-31(33)43)30(42)39-17-9-14-27(39)28(40)37-26(18-22-19-36-25-13-8-6-11-23(22)25)29(41)38(4)20-21-10-5-7-12-24(21)35/h5-8,10-13,19,26-27,36H,9,14-18,20H2,1-4H3,(H,37,40). The highest BCUT2D eigenvalue weighted by molar-refractivity contribution is 9.10. The molecule has 3 aromatic rings. The minimum absolute atomic E-state index is 0.230. The molecule has 3 amide bonds. The number of para-hydroxylation sites is 1. The molecule has 2 aliphatic heterocycles. The third-order valence-corrected chi connectivity index (χ3v) is 11.5. The van der Waals surface area contributed by atoms with Crippen molar-refractivity contribution in [1.82, 2.24) is 20.1 Å². The van der Waals surface area contributed by atoms with Gasteiger partial charge in [-0.2, -0.15) is 0 Å². The molecule has 232 valence electrons. The van der Waals surface area contributed by atoms with Crippen LogP contribution < -0.4 is 5.32 Å². The maximum Gasteiger partial charge on any atom is 0.313 e. The number of benzene rings is 2. The first-order valence-electron chi connectivity index (χ1n) is 15.3. The van der Waals surface area contributed by atoms with Crippen LogP contribution in [0.3, 0.4) is 0 Å². The van der Waals surface area contributed by atoms with E-state index < -0.39 is 28.5 Å². The Morgan fingerprint density at radius 1 is 1.09 bits per heavy atom. The zero-order valence-corrected chi connectivity index (χ0v) is 27.2. The van der Waals surface area contributed by atoms with Gasteiger partial charge in [-0.3, -0.25) is 19.2 Å². The number of rotatable bonds is 8. The van der Waals surface area contributed by atoms with Crippen molar-refractivity contribution >= 4 is 50.5 Å². The van der Waals surface area contributed by atoms with Crippen LogP contribution in [-0.4, -0.2) is 69.8 Å². The molecule has 3 heterocycles. The van der Waals surface area contributed by atoms with Crippen LogP contribution in [0, 0.1) is 10.8 Å². The Hall–Kier alpha value is -3.66. The second-order valence-corrected chi connectivity index (χ2v) is 14.1. The summed E-state index contributed by atoms with van der Waals surface area (Å²) in [6.45, 7) is 6.47. The lowest BCUT2D eigenvalue weighted by Gasteiger charge is -2.39. The van der Waals surface area contributed by atoms with Crippen LogP contribution in [0.2, 0.25) is 0 Å². The zero-order valence-electron chi connectivity index (χ0n) is 25.6. The molecule has 1 aromatic heterocycles. The van der Waals surface area contributed by atoms with Crippen LogP contribution in [0.4, 0.5) is 0 Å². The van der Waals surface area contributed by atoms with Crippen molar-refractivity contribution in [2.45, 2.75) is 77.1 Å². The number of aromatic amines is 1. The third kappa shape index (κ3) is 4.64. The van der Waals surface area contributed by atoms with E-state index in [2.05, 4.69) is 26.2 Å². The lowest BCUT2D eigenvalue weighted by molar-refractivity contribution is -0.175. The highest BCUT2D eigenvalue weighted by atomic mass is 79.9. The normalized spacial score (nSPS) is 26.1. The van der Waals surface area contributed by atoms with Gasteiger partial charge in [-0.15, -0.1) is 0 Å². The molecule has 4 atom stereocenters. The Labute approximate surface area is 265 Å². The molecular weight excluding hydrogens is 624 g/mol. The largest absolute Gasteiger partial charge is 0.448 e. The third-order valence-electron chi connectivity index (χ3n) is 10.7. The SMILES string of the molecule is CN(Cc1ccccc1Br)C(=O)C(Cc1c[nH]c2ccccc12)NC(=O)C1CCCN1C(=O)C12CCC(C)(C(=O)O1)C2(C)C. The molecule has 2 saturated heterocycles. The smallest absolute Gasteiger partial charge is 0.313 e. The van der Waals surface area contributed by atoms with E-state index in [1.54, 1.807) is 16.8 Å². The van der Waals surface area contributed by atoms with Crippen LogP contribution in [0.25, 0.3) is 10.9 Å². The van der Waals surface area contributed by atoms with Crippen molar-refractivity contribution < 1.29 is 23.9 Å². The topological polar surface area (TPSA) is 112 Å². The maximum absolute atomic E-state index is 14.2. The molecule has 44 heavy (non-hydrogen) atoms. The van der Waals surface area contributed by atoms with Gasteiger partial charge in [-0.25, -0.2) is 0 Å². The maximum atomic E-state index is 14.2. The Kier molecular flexibility index (Phi) is 7.63. The number of amides is 3. The van der Waals surface area contributed by atoms with Gasteiger partial charge in [-0.1, -0.05) is 66.2 Å². The number of halogens is 1. The van der Waals surface area contributed by atoms with Crippen molar-refractivity contribution in [2.24, 2.45) is 10.8 Å². The van der Waals surface area contributed by atoms with E-state index in [-0.39, 0.29) is 30.1 Å². The number of H-pyrrole nitrogens is 1. The second-order valence-electron chi connectivity index (χ2n) is 13.2. The fourth-order valence-corrected chi connectivity index (χ4v) is 7.86. The molecule has 10 heteroatoms. The Morgan fingerprint density at radius 2 is 1.82 bits per heavy atom. The van der Waals surface area contributed by atoms with Crippen molar-refractivity contribution in [2.75, 3.05) is 13.6 Å². The predicted molar refractivity (Wildman–Crippen MR) is 169 cm³/mol. The second kappa shape index (κ2) is 11.1. The van der Waals surface area contributed by atoms with Crippen molar-refractivity contribution in [3.8, 4) is 0 Å². The van der Waals surface area contributed by atoms with E-state index in [0.29, 0.717) is 38.8 Å². The van der Waals surface area contributed by atoms with Gasteiger partial charge in [-0.05, 0) is 55.9 Å². The fraction of sp³-hybridized carbons (Fsp3) is 0.471. The molecule has 1 aliphatic carbocycles. The Bertz CT molecular complexity index is 1650. The quantitative estimate of drug-likeness (QED) is 0.339. The number of nitrogens with zero attached hydrogens (tertiary/aromatic N) is 2. The first-order valence-corrected chi connectivity index (χ1v) is 16.1. The molecular formula is C34H39BrN4O5. The number of nitrogens with one attached hydrogen (secondary N) is 2. The molecule has 2 N–H and O–H groups in total. The van der Waals surface area contributed by atoms with E-state index in [1.165, 1.54) is 0 Å². The average molecular weight is 664 g/mol. The number of carbonyl (C=O) groups is 4. The van der Waals surface area contributed by atoms with Crippen molar-refractivity contribution in [3.05, 3.63) is 70.3 Å². The number of ether oxygens (including phenoxy) is 1. The van der Waals surface area contributed by atoms with E-state index in [9.17, 15) is 19.2 Å². The first kappa shape index (κ1) is 30.4. The number of fused-ring (bicyclic) bond motifs is 3. The Morgan fingerprint density at radius 3 is 2.52 bits per heavy atom. The molecule has 1 saturated carbocycles. The summed E-state index contributed by atoms with van der Waals surface area (Å²) in [5, 5.41) is 4.02. The summed E-state index contributed by atoms with van der Waals surface area (Å²) in [6, 6.07) is 14.0. The molecule has 3 fully saturated rings. The summed E-state index contributed by atoms with van der Waals surface area (Å²) >= 11 is 3.57. The van der Waals surface area contributed by atoms with Crippen LogP contribution >= 0.6 is 15.9 Å². The monoisotopic (exact) mass is 662 g/mol. The Balaban J connectivity index is 1.25. The van der Waals surface area contributed by atoms with Gasteiger partial charge in [0, 0.05) is 53.5 Å². The van der Waals surface area contributed by atoms with E-state index in [0.717, 1.165) is 26.5 Å². The number of likely N-dealkylation sites (N-methyl/N-ethyl adjacent to an activating group) is 1. The van der Waals surface area contributed by atoms with Crippen LogP contribution in [-0.2, 0) is 36.9 Å². The summed E-state index contributed by atoms with van der Waals surface area (Å²) in [5.41, 5.74) is 0.0755. The molecule has 4 unspecified atom stereocenters. The van der Waals surface area contributed by atoms with Crippen molar-refractivity contribution in [1.29, 1.82) is 0 Å². The van der Waals surface area contributed by atoms with Gasteiger partial charge < -0.3 is 24.8 Å². The first-order chi connectivity index (χ1) is 20.9. The zero-order chi connectivity index (χ0) is 31.4. The number of hydrogen-bond donors (Lipinski definition) is 2. The number of esters is 1. The van der Waals surface area contributed by atoms with Gasteiger partial charge in [0.05, 0.1) is 5.41 Å². The molecule has 2 bridgehead atoms. The van der Waals surface area contributed by atoms with E-state index in [4.69, 9.17) is 4.74 Å². The van der Waals surface area contributed by atoms with Gasteiger partial charge in [0.2, 0.25) is 11.8 Å². The molecule has 0 spiro atoms. The summed E-state index contributed by atoms with van der Waals surface area (Å²) in [5.74, 6) is -1.26. The lowest BCUT2D eigenvalue weighted by Crippen LogP contribution is -2.59. The highest BCUT2D eigenvalue weighted by Gasteiger charge is 2.76. The number of carbonyl (C=O) groups excluding carboxylic acids is 4. The summed E-state index contributed by atoms with van der Waals surface area (Å²) in [7, 11) is 1.73. The van der Waals surface area contributed by atoms with E-state index >= 15 is 0 Å². The van der Waals surface area contributed by atoms with Gasteiger partial charge in [0.25, 0.3) is 5.91 Å². The number of aromatic nitrogens is 1. The number of hydrogen-bond acceptors (Lipinski definition) is 5. The highest BCUT2D eigenvalue weighted by Crippen LogP contribution is 2.66. The molecule has 9 nitrogen and oxygen atoms in total. The lowest BCUT2D eigenvalue weighted by atomic mass is 9.66. The molecule has 3 aliphatic rings. The fourth-order valence-electron chi connectivity index (χ4n) is 7.45. The van der Waals surface area contributed by atoms with Crippen LogP contribution in [0.1, 0.15) is 57.6 Å². The van der Waals surface area contributed by atoms with Crippen LogP contribution in [0.15, 0.2) is 59.2 Å². The van der Waals surface area contributed by atoms with Crippen molar-refractivity contribution in [3.63, 3.8) is 0 Å². The predicted octanol–water partition coefficient (Wildman–Crippen LogP) is 4.73. The van der Waals surface area contributed by atoms with E-state index in [1.807, 2.05) is 75.5 Å². The minimum atomic E-state index is -1.29. The molecule has 0 radical (unpaired) electrons. The molecule has 2 aromatic carbocycles.